The summed E-state index contributed by atoms with van der Waals surface area (Å²) in [6.45, 7) is 6.64. The molecule has 120 valence electrons. The first-order chi connectivity index (χ1) is 10.3. The number of carbonyl (C=O) groups is 2. The van der Waals surface area contributed by atoms with Crippen LogP contribution in [-0.2, 0) is 9.59 Å². The molecule has 2 amide bonds. The molecule has 2 rings (SSSR count). The average Bonchev–Trinajstić information content (AvgIpc) is 2.93. The molecule has 0 saturated carbocycles. The van der Waals surface area contributed by atoms with Gasteiger partial charge in [0.25, 0.3) is 0 Å². The van der Waals surface area contributed by atoms with E-state index >= 15 is 0 Å². The summed E-state index contributed by atoms with van der Waals surface area (Å²) in [5.41, 5.74) is 6.05. The van der Waals surface area contributed by atoms with Gasteiger partial charge in [-0.05, 0) is 30.4 Å². The summed E-state index contributed by atoms with van der Waals surface area (Å²) < 4.78 is 0. The van der Waals surface area contributed by atoms with Gasteiger partial charge in [0, 0.05) is 12.2 Å². The van der Waals surface area contributed by atoms with E-state index in [1.807, 2.05) is 51.1 Å². The number of nitrogens with zero attached hydrogens (tertiary/aromatic N) is 1. The third kappa shape index (κ3) is 3.59. The van der Waals surface area contributed by atoms with E-state index in [2.05, 4.69) is 5.32 Å². The van der Waals surface area contributed by atoms with Crippen molar-refractivity contribution in [1.29, 1.82) is 0 Å². The monoisotopic (exact) mass is 303 g/mol. The van der Waals surface area contributed by atoms with E-state index in [4.69, 9.17) is 5.73 Å². The van der Waals surface area contributed by atoms with Crippen LogP contribution in [0.4, 0.5) is 5.69 Å². The van der Waals surface area contributed by atoms with Crippen molar-refractivity contribution in [1.82, 2.24) is 4.90 Å². The second kappa shape index (κ2) is 6.38. The Hall–Kier alpha value is -2.04. The number of hydrogen-bond acceptors (Lipinski definition) is 3. The highest BCUT2D eigenvalue weighted by atomic mass is 16.2. The summed E-state index contributed by atoms with van der Waals surface area (Å²) in [6, 6.07) is 8.76. The molecule has 1 unspecified atom stereocenters. The fourth-order valence-electron chi connectivity index (χ4n) is 2.84. The fraction of sp³-hybridized carbons (Fsp3) is 0.529. The molecule has 1 aromatic carbocycles. The Kier molecular flexibility index (Phi) is 4.74. The fourth-order valence-corrected chi connectivity index (χ4v) is 2.84. The number of nitrogens with two attached hydrogens (primary N) is 1. The van der Waals surface area contributed by atoms with Crippen LogP contribution in [0.2, 0.25) is 0 Å². The first kappa shape index (κ1) is 16.3. The third-order valence-corrected chi connectivity index (χ3v) is 4.06. The Morgan fingerprint density at radius 1 is 1.27 bits per heavy atom. The molecule has 0 spiro atoms. The maximum Gasteiger partial charge on any atom is 0.246 e. The van der Waals surface area contributed by atoms with Crippen molar-refractivity contribution >= 4 is 17.5 Å². The Morgan fingerprint density at radius 3 is 2.45 bits per heavy atom. The molecule has 1 heterocycles. The highest BCUT2D eigenvalue weighted by Gasteiger charge is 2.40. The normalized spacial score (nSPS) is 19.8. The predicted octanol–water partition coefficient (Wildman–Crippen LogP) is 1.99. The van der Waals surface area contributed by atoms with Crippen LogP contribution in [0.15, 0.2) is 30.3 Å². The number of hydrogen-bond donors (Lipinski definition) is 2. The zero-order chi connectivity index (χ0) is 16.3. The molecule has 1 aliphatic rings. The smallest absolute Gasteiger partial charge is 0.246 e. The van der Waals surface area contributed by atoms with Gasteiger partial charge in [-0.25, -0.2) is 0 Å². The highest BCUT2D eigenvalue weighted by Crippen LogP contribution is 2.28. The van der Waals surface area contributed by atoms with Gasteiger partial charge < -0.3 is 16.0 Å². The Labute approximate surface area is 131 Å². The van der Waals surface area contributed by atoms with Crippen molar-refractivity contribution < 1.29 is 9.59 Å². The SMILES string of the molecule is CC(C)(C)C(Nc1ccccc1)C(=O)N1CCC[C@H]1C(N)=O. The topological polar surface area (TPSA) is 75.4 Å². The summed E-state index contributed by atoms with van der Waals surface area (Å²) >= 11 is 0. The van der Waals surface area contributed by atoms with Crippen molar-refractivity contribution in [2.24, 2.45) is 11.1 Å². The maximum absolute atomic E-state index is 13.0. The minimum absolute atomic E-state index is 0.0577. The summed E-state index contributed by atoms with van der Waals surface area (Å²) in [7, 11) is 0. The van der Waals surface area contributed by atoms with Crippen molar-refractivity contribution in [3.63, 3.8) is 0 Å². The van der Waals surface area contributed by atoms with Crippen molar-refractivity contribution in [2.45, 2.75) is 45.7 Å². The van der Waals surface area contributed by atoms with Crippen LogP contribution in [0, 0.1) is 5.41 Å². The van der Waals surface area contributed by atoms with Crippen LogP contribution in [-0.4, -0.2) is 35.3 Å². The molecule has 22 heavy (non-hydrogen) atoms. The van der Waals surface area contributed by atoms with E-state index in [0.29, 0.717) is 13.0 Å². The number of likely N-dealkylation sites (tertiary alicyclic amines) is 1. The van der Waals surface area contributed by atoms with Crippen LogP contribution < -0.4 is 11.1 Å². The summed E-state index contributed by atoms with van der Waals surface area (Å²) in [5.74, 6) is -0.476. The number of nitrogens with one attached hydrogen (secondary N) is 1. The third-order valence-electron chi connectivity index (χ3n) is 4.06. The maximum atomic E-state index is 13.0. The first-order valence-electron chi connectivity index (χ1n) is 7.72. The van der Waals surface area contributed by atoms with Crippen LogP contribution in [0.1, 0.15) is 33.6 Å². The minimum Gasteiger partial charge on any atom is -0.373 e. The van der Waals surface area contributed by atoms with Crippen LogP contribution in [0.5, 0.6) is 0 Å². The van der Waals surface area contributed by atoms with E-state index < -0.39 is 18.0 Å². The lowest BCUT2D eigenvalue weighted by Crippen LogP contribution is -2.53. The number of primary amides is 1. The van der Waals surface area contributed by atoms with Gasteiger partial charge in [0.2, 0.25) is 11.8 Å². The molecule has 1 fully saturated rings. The van der Waals surface area contributed by atoms with Gasteiger partial charge in [-0.1, -0.05) is 39.0 Å². The van der Waals surface area contributed by atoms with Gasteiger partial charge in [-0.15, -0.1) is 0 Å². The quantitative estimate of drug-likeness (QED) is 0.893. The molecule has 1 aliphatic heterocycles. The van der Waals surface area contributed by atoms with Crippen LogP contribution in [0.25, 0.3) is 0 Å². The number of para-hydroxylation sites is 1. The second-order valence-corrected chi connectivity index (χ2v) is 6.90. The van der Waals surface area contributed by atoms with Gasteiger partial charge in [-0.3, -0.25) is 9.59 Å². The molecule has 0 bridgehead atoms. The van der Waals surface area contributed by atoms with Crippen molar-refractivity contribution in [3.05, 3.63) is 30.3 Å². The number of anilines is 1. The Bertz CT molecular complexity index is 537. The lowest BCUT2D eigenvalue weighted by atomic mass is 9.85. The van der Waals surface area contributed by atoms with E-state index in [-0.39, 0.29) is 11.3 Å². The predicted molar refractivity (Wildman–Crippen MR) is 87.2 cm³/mol. The molecule has 5 nitrogen and oxygen atoms in total. The van der Waals surface area contributed by atoms with Gasteiger partial charge >= 0.3 is 0 Å². The standard InChI is InChI=1S/C17H25N3O2/c1-17(2,3)14(19-12-8-5-4-6-9-12)16(22)20-11-7-10-13(20)15(18)21/h4-6,8-9,13-14,19H,7,10-11H2,1-3H3,(H2,18,21)/t13-,14?/m0/s1. The highest BCUT2D eigenvalue weighted by molar-refractivity contribution is 5.91. The number of rotatable bonds is 4. The molecule has 0 aromatic heterocycles. The van der Waals surface area contributed by atoms with Crippen LogP contribution in [0.3, 0.4) is 0 Å². The van der Waals surface area contributed by atoms with Gasteiger partial charge in [0.15, 0.2) is 0 Å². The van der Waals surface area contributed by atoms with Gasteiger partial charge in [0.05, 0.1) is 0 Å². The van der Waals surface area contributed by atoms with E-state index in [1.54, 1.807) is 4.90 Å². The minimum atomic E-state index is -0.477. The lowest BCUT2D eigenvalue weighted by Gasteiger charge is -2.35. The lowest BCUT2D eigenvalue weighted by molar-refractivity contribution is -0.139. The number of carbonyl (C=O) groups excluding carboxylic acids is 2. The summed E-state index contributed by atoms with van der Waals surface area (Å²) in [5, 5.41) is 3.31. The molecule has 0 radical (unpaired) electrons. The zero-order valence-electron chi connectivity index (χ0n) is 13.5. The number of amides is 2. The van der Waals surface area contributed by atoms with Crippen molar-refractivity contribution in [3.8, 4) is 0 Å². The molecular weight excluding hydrogens is 278 g/mol. The Morgan fingerprint density at radius 2 is 1.91 bits per heavy atom. The molecule has 5 heteroatoms. The van der Waals surface area contributed by atoms with E-state index in [1.165, 1.54) is 0 Å². The Balaban J connectivity index is 2.22. The van der Waals surface area contributed by atoms with Gasteiger partial charge in [0.1, 0.15) is 12.1 Å². The first-order valence-corrected chi connectivity index (χ1v) is 7.72. The zero-order valence-corrected chi connectivity index (χ0v) is 13.5. The summed E-state index contributed by atoms with van der Waals surface area (Å²) in [6.07, 6.45) is 1.48. The van der Waals surface area contributed by atoms with Crippen molar-refractivity contribution in [2.75, 3.05) is 11.9 Å². The molecule has 1 saturated heterocycles. The second-order valence-electron chi connectivity index (χ2n) is 6.90. The average molecular weight is 303 g/mol. The molecule has 3 N–H and O–H groups in total. The molecule has 1 aromatic rings. The van der Waals surface area contributed by atoms with E-state index in [0.717, 1.165) is 12.1 Å². The van der Waals surface area contributed by atoms with Gasteiger partial charge in [-0.2, -0.15) is 0 Å². The molecule has 2 atom stereocenters. The van der Waals surface area contributed by atoms with E-state index in [9.17, 15) is 9.59 Å². The summed E-state index contributed by atoms with van der Waals surface area (Å²) in [4.78, 5) is 26.2. The van der Waals surface area contributed by atoms with Crippen LogP contribution >= 0.6 is 0 Å². The number of benzene rings is 1. The largest absolute Gasteiger partial charge is 0.373 e. The molecular formula is C17H25N3O2. The molecule has 0 aliphatic carbocycles.